The summed E-state index contributed by atoms with van der Waals surface area (Å²) in [5.74, 6) is -1.55. The maximum absolute atomic E-state index is 13.8. The molecule has 0 radical (unpaired) electrons. The quantitative estimate of drug-likeness (QED) is 0.367. The van der Waals surface area contributed by atoms with Crippen molar-refractivity contribution >= 4 is 11.9 Å². The number of amides is 1. The van der Waals surface area contributed by atoms with Gasteiger partial charge in [-0.2, -0.15) is 0 Å². The van der Waals surface area contributed by atoms with Gasteiger partial charge in [0.25, 0.3) is 5.56 Å². The fraction of sp³-hybridized carbons (Fsp3) is 0.200. The van der Waals surface area contributed by atoms with Crippen LogP contribution in [0.4, 0.5) is 0 Å². The predicted molar refractivity (Wildman–Crippen MR) is 142 cm³/mol. The van der Waals surface area contributed by atoms with E-state index in [0.717, 1.165) is 27.8 Å². The van der Waals surface area contributed by atoms with Crippen LogP contribution in [0, 0.1) is 20.8 Å². The smallest absolute Gasteiger partial charge is 0.305 e. The number of pyridine rings is 2. The Bertz CT molecular complexity index is 1470. The number of carboxylic acid groups (broad SMARTS) is 1. The van der Waals surface area contributed by atoms with Gasteiger partial charge in [0.15, 0.2) is 0 Å². The van der Waals surface area contributed by atoms with Gasteiger partial charge in [-0.1, -0.05) is 54.6 Å². The van der Waals surface area contributed by atoms with Crippen LogP contribution < -0.4 is 10.9 Å². The Morgan fingerprint density at radius 2 is 1.62 bits per heavy atom. The van der Waals surface area contributed by atoms with Gasteiger partial charge >= 0.3 is 5.97 Å². The normalized spacial score (nSPS) is 12.5. The van der Waals surface area contributed by atoms with Crippen LogP contribution in [0.3, 0.4) is 0 Å². The summed E-state index contributed by atoms with van der Waals surface area (Å²) in [4.78, 5) is 42.7. The molecule has 2 heterocycles. The first-order chi connectivity index (χ1) is 17.7. The van der Waals surface area contributed by atoms with E-state index in [1.807, 2.05) is 51.1 Å². The van der Waals surface area contributed by atoms with Crippen molar-refractivity contribution in [1.82, 2.24) is 14.9 Å². The third-order valence-electron chi connectivity index (χ3n) is 6.35. The van der Waals surface area contributed by atoms with E-state index in [0.29, 0.717) is 11.1 Å². The molecular formula is C30H29N3O4. The summed E-state index contributed by atoms with van der Waals surface area (Å²) in [6.07, 6.45) is 4.60. The van der Waals surface area contributed by atoms with E-state index in [4.69, 9.17) is 0 Å². The number of aliphatic carboxylic acids is 1. The van der Waals surface area contributed by atoms with Crippen molar-refractivity contribution in [3.8, 4) is 11.1 Å². The van der Waals surface area contributed by atoms with Gasteiger partial charge in [0.2, 0.25) is 5.91 Å². The molecule has 7 heteroatoms. The zero-order valence-electron chi connectivity index (χ0n) is 21.0. The molecule has 2 aromatic carbocycles. The highest BCUT2D eigenvalue weighted by molar-refractivity contribution is 5.84. The fourth-order valence-electron chi connectivity index (χ4n) is 4.62. The van der Waals surface area contributed by atoms with Crippen molar-refractivity contribution in [2.24, 2.45) is 0 Å². The number of aromatic nitrogens is 2. The first-order valence-electron chi connectivity index (χ1n) is 12.0. The molecule has 0 aliphatic heterocycles. The summed E-state index contributed by atoms with van der Waals surface area (Å²) < 4.78 is 1.38. The van der Waals surface area contributed by atoms with Crippen LogP contribution in [0.2, 0.25) is 0 Å². The van der Waals surface area contributed by atoms with Crippen molar-refractivity contribution in [1.29, 1.82) is 0 Å². The van der Waals surface area contributed by atoms with E-state index >= 15 is 0 Å². The fourth-order valence-corrected chi connectivity index (χ4v) is 4.62. The maximum atomic E-state index is 13.8. The second-order valence-corrected chi connectivity index (χ2v) is 9.20. The van der Waals surface area contributed by atoms with Gasteiger partial charge < -0.3 is 10.4 Å². The lowest BCUT2D eigenvalue weighted by molar-refractivity contribution is -0.137. The van der Waals surface area contributed by atoms with Crippen LogP contribution in [-0.2, 0) is 9.59 Å². The van der Waals surface area contributed by atoms with E-state index < -0.39 is 24.0 Å². The second-order valence-electron chi connectivity index (χ2n) is 9.20. The number of nitrogens with one attached hydrogen (secondary N) is 1. The van der Waals surface area contributed by atoms with Crippen LogP contribution in [0.5, 0.6) is 0 Å². The summed E-state index contributed by atoms with van der Waals surface area (Å²) in [6, 6.07) is 18.1. The minimum absolute atomic E-state index is 0.330. The molecule has 1 amide bonds. The van der Waals surface area contributed by atoms with E-state index in [1.54, 1.807) is 48.9 Å². The molecule has 0 saturated heterocycles. The van der Waals surface area contributed by atoms with Gasteiger partial charge in [-0.05, 0) is 60.2 Å². The minimum Gasteiger partial charge on any atom is -0.481 e. The van der Waals surface area contributed by atoms with Crippen molar-refractivity contribution < 1.29 is 14.7 Å². The molecule has 0 aliphatic rings. The summed E-state index contributed by atoms with van der Waals surface area (Å²) in [5, 5.41) is 12.6. The van der Waals surface area contributed by atoms with Gasteiger partial charge in [0, 0.05) is 30.2 Å². The van der Waals surface area contributed by atoms with Crippen molar-refractivity contribution in [3.63, 3.8) is 0 Å². The van der Waals surface area contributed by atoms with Gasteiger partial charge in [-0.25, -0.2) is 0 Å². The maximum Gasteiger partial charge on any atom is 0.305 e. The molecule has 7 nitrogen and oxygen atoms in total. The molecule has 0 unspecified atom stereocenters. The Morgan fingerprint density at radius 1 is 0.919 bits per heavy atom. The lowest BCUT2D eigenvalue weighted by atomic mass is 9.94. The molecule has 0 fully saturated rings. The largest absolute Gasteiger partial charge is 0.481 e. The number of rotatable bonds is 8. The number of hydrogen-bond acceptors (Lipinski definition) is 4. The molecular weight excluding hydrogens is 466 g/mol. The molecule has 0 bridgehead atoms. The average molecular weight is 496 g/mol. The molecule has 2 atom stereocenters. The minimum atomic E-state index is -1.06. The van der Waals surface area contributed by atoms with Crippen LogP contribution in [-0.4, -0.2) is 26.5 Å². The molecule has 2 aromatic heterocycles. The molecule has 0 spiro atoms. The van der Waals surface area contributed by atoms with Crippen LogP contribution in [0.25, 0.3) is 11.1 Å². The third kappa shape index (κ3) is 5.83. The van der Waals surface area contributed by atoms with Crippen LogP contribution in [0.1, 0.15) is 46.3 Å². The number of nitrogens with zero attached hydrogens (tertiary/aromatic N) is 2. The Morgan fingerprint density at radius 3 is 2.30 bits per heavy atom. The van der Waals surface area contributed by atoms with Gasteiger partial charge in [0.05, 0.1) is 12.5 Å². The first-order valence-corrected chi connectivity index (χ1v) is 12.0. The van der Waals surface area contributed by atoms with Crippen molar-refractivity contribution in [2.75, 3.05) is 0 Å². The van der Waals surface area contributed by atoms with Gasteiger partial charge in [-0.3, -0.25) is 23.9 Å². The number of carbonyl (C=O) groups excluding carboxylic acids is 1. The molecule has 37 heavy (non-hydrogen) atoms. The summed E-state index contributed by atoms with van der Waals surface area (Å²) in [7, 11) is 0. The van der Waals surface area contributed by atoms with Crippen molar-refractivity contribution in [3.05, 3.63) is 123 Å². The highest BCUT2D eigenvalue weighted by atomic mass is 16.4. The summed E-state index contributed by atoms with van der Waals surface area (Å²) in [6.45, 7) is 5.86. The molecule has 4 aromatic rings. The highest BCUT2D eigenvalue weighted by Crippen LogP contribution is 2.29. The zero-order chi connectivity index (χ0) is 26.5. The summed E-state index contributed by atoms with van der Waals surface area (Å²) in [5.41, 5.74) is 5.67. The first kappa shape index (κ1) is 25.6. The van der Waals surface area contributed by atoms with Gasteiger partial charge in [0.1, 0.15) is 6.04 Å². The molecule has 2 N–H and O–H groups in total. The predicted octanol–water partition coefficient (Wildman–Crippen LogP) is 4.76. The lowest BCUT2D eigenvalue weighted by Gasteiger charge is -2.24. The van der Waals surface area contributed by atoms with E-state index in [2.05, 4.69) is 10.3 Å². The summed E-state index contributed by atoms with van der Waals surface area (Å²) >= 11 is 0. The Kier molecular flexibility index (Phi) is 7.63. The van der Waals surface area contributed by atoms with E-state index in [1.165, 1.54) is 10.6 Å². The standard InChI is InChI=1S/C30H29N3O4/c1-19-12-13-26(34)33(18-19)29(22-10-5-4-6-11-22)30(37)32-25(15-27(35)36)23-14-24(17-31-16-23)28-20(2)8-7-9-21(28)3/h4-14,16-18,25,29H,15H2,1-3H3,(H,32,37)(H,35,36)/t25-,29+/m0/s1. The number of aryl methyl sites for hydroxylation is 3. The van der Waals surface area contributed by atoms with E-state index in [-0.39, 0.29) is 12.0 Å². The average Bonchev–Trinajstić information content (AvgIpc) is 2.86. The Balaban J connectivity index is 1.75. The number of benzene rings is 2. The monoisotopic (exact) mass is 495 g/mol. The number of hydrogen-bond donors (Lipinski definition) is 2. The van der Waals surface area contributed by atoms with Gasteiger partial charge in [-0.15, -0.1) is 0 Å². The lowest BCUT2D eigenvalue weighted by Crippen LogP contribution is -2.40. The second kappa shape index (κ2) is 11.0. The highest BCUT2D eigenvalue weighted by Gasteiger charge is 2.28. The number of carbonyl (C=O) groups is 2. The van der Waals surface area contributed by atoms with E-state index in [9.17, 15) is 19.5 Å². The number of carboxylic acids is 1. The SMILES string of the molecule is Cc1ccc(=O)n([C@@H](C(=O)N[C@@H](CC(=O)O)c2cncc(-c3c(C)cccc3C)c2)c2ccccc2)c1. The molecule has 0 saturated carbocycles. The van der Waals surface area contributed by atoms with Crippen LogP contribution in [0.15, 0.2) is 90.1 Å². The molecule has 4 rings (SSSR count). The third-order valence-corrected chi connectivity index (χ3v) is 6.35. The topological polar surface area (TPSA) is 101 Å². The zero-order valence-corrected chi connectivity index (χ0v) is 21.0. The Hall–Kier alpha value is -4.52. The van der Waals surface area contributed by atoms with Crippen LogP contribution >= 0.6 is 0 Å². The Labute approximate surface area is 215 Å². The molecule has 0 aliphatic carbocycles. The molecule has 188 valence electrons. The van der Waals surface area contributed by atoms with Crippen molar-refractivity contribution in [2.45, 2.75) is 39.3 Å².